The number of anilines is 1. The first-order valence-corrected chi connectivity index (χ1v) is 8.22. The Bertz CT molecular complexity index is 957. The lowest BCUT2D eigenvalue weighted by Gasteiger charge is -2.32. The smallest absolute Gasteiger partial charge is 0.299 e. The highest BCUT2D eigenvalue weighted by Gasteiger charge is 2.39. The van der Waals surface area contributed by atoms with Gasteiger partial charge in [0, 0.05) is 25.4 Å². The van der Waals surface area contributed by atoms with Crippen LogP contribution in [0.15, 0.2) is 41.0 Å². The number of oxazole rings is 1. The number of halogens is 1. The molecule has 24 heavy (non-hydrogen) atoms. The van der Waals surface area contributed by atoms with Gasteiger partial charge in [0.2, 0.25) is 0 Å². The number of aryl methyl sites for hydroxylation is 1. The van der Waals surface area contributed by atoms with E-state index in [1.54, 1.807) is 6.07 Å². The number of rotatable bonds is 2. The van der Waals surface area contributed by atoms with Gasteiger partial charge in [-0.1, -0.05) is 6.08 Å². The predicted octanol–water partition coefficient (Wildman–Crippen LogP) is 3.53. The van der Waals surface area contributed by atoms with E-state index < -0.39 is 0 Å². The molecule has 5 rings (SSSR count). The lowest BCUT2D eigenvalue weighted by Crippen LogP contribution is -2.38. The van der Waals surface area contributed by atoms with Gasteiger partial charge in [-0.05, 0) is 43.0 Å². The Hall–Kier alpha value is -2.63. The number of fused-ring (bicyclic) bond motifs is 3. The van der Waals surface area contributed by atoms with E-state index in [0.29, 0.717) is 23.2 Å². The lowest BCUT2D eigenvalue weighted by molar-refractivity contribution is 0.530. The van der Waals surface area contributed by atoms with Gasteiger partial charge >= 0.3 is 0 Å². The molecule has 2 unspecified atom stereocenters. The molecule has 2 bridgehead atoms. The zero-order valence-electron chi connectivity index (χ0n) is 13.3. The minimum Gasteiger partial charge on any atom is -0.423 e. The Morgan fingerprint density at radius 1 is 1.25 bits per heavy atom. The van der Waals surface area contributed by atoms with Crippen molar-refractivity contribution in [3.05, 3.63) is 48.0 Å². The SMILES string of the molecule is Cn1nccc1C1=CC2CCC(C1)N2c1nc2cc(F)ccc2o1. The molecule has 1 aromatic carbocycles. The van der Waals surface area contributed by atoms with Crippen LogP contribution in [0.2, 0.25) is 0 Å². The fourth-order valence-electron chi connectivity index (χ4n) is 4.01. The van der Waals surface area contributed by atoms with Gasteiger partial charge in [0.15, 0.2) is 5.58 Å². The molecule has 122 valence electrons. The summed E-state index contributed by atoms with van der Waals surface area (Å²) < 4.78 is 21.2. The van der Waals surface area contributed by atoms with Gasteiger partial charge in [-0.25, -0.2) is 4.39 Å². The first kappa shape index (κ1) is 13.8. The Kier molecular flexibility index (Phi) is 2.83. The molecule has 0 radical (unpaired) electrons. The molecule has 4 heterocycles. The molecule has 2 aliphatic heterocycles. The average Bonchev–Trinajstić information content (AvgIpc) is 3.23. The number of benzene rings is 1. The molecule has 0 aliphatic carbocycles. The van der Waals surface area contributed by atoms with E-state index in [0.717, 1.165) is 19.3 Å². The van der Waals surface area contributed by atoms with Crippen molar-refractivity contribution in [2.45, 2.75) is 31.3 Å². The van der Waals surface area contributed by atoms with Gasteiger partial charge in [0.05, 0.1) is 11.7 Å². The van der Waals surface area contributed by atoms with Gasteiger partial charge in [0.1, 0.15) is 11.3 Å². The van der Waals surface area contributed by atoms with Crippen LogP contribution in [0.3, 0.4) is 0 Å². The van der Waals surface area contributed by atoms with Crippen molar-refractivity contribution in [2.24, 2.45) is 7.05 Å². The molecule has 3 aromatic rings. The highest BCUT2D eigenvalue weighted by Crippen LogP contribution is 2.41. The monoisotopic (exact) mass is 324 g/mol. The molecule has 5 nitrogen and oxygen atoms in total. The van der Waals surface area contributed by atoms with Crippen LogP contribution in [0.5, 0.6) is 0 Å². The van der Waals surface area contributed by atoms with Gasteiger partial charge in [-0.2, -0.15) is 10.1 Å². The molecule has 0 saturated carbocycles. The van der Waals surface area contributed by atoms with Gasteiger partial charge in [0.25, 0.3) is 6.01 Å². The quantitative estimate of drug-likeness (QED) is 0.723. The molecule has 1 saturated heterocycles. The maximum atomic E-state index is 13.4. The summed E-state index contributed by atoms with van der Waals surface area (Å²) in [6.07, 6.45) is 7.27. The van der Waals surface area contributed by atoms with Crippen LogP contribution >= 0.6 is 0 Å². The average molecular weight is 324 g/mol. The minimum absolute atomic E-state index is 0.270. The number of aromatic nitrogens is 3. The van der Waals surface area contributed by atoms with E-state index in [-0.39, 0.29) is 11.9 Å². The zero-order valence-corrected chi connectivity index (χ0v) is 13.3. The number of hydrogen-bond donors (Lipinski definition) is 0. The normalized spacial score (nSPS) is 23.1. The molecule has 1 fully saturated rings. The molecule has 0 spiro atoms. The molecule has 2 aromatic heterocycles. The van der Waals surface area contributed by atoms with Crippen LogP contribution in [0, 0.1) is 5.82 Å². The third kappa shape index (κ3) is 1.99. The van der Waals surface area contributed by atoms with E-state index in [4.69, 9.17) is 4.42 Å². The molecule has 2 aliphatic rings. The molecular weight excluding hydrogens is 307 g/mol. The van der Waals surface area contributed by atoms with E-state index >= 15 is 0 Å². The maximum Gasteiger partial charge on any atom is 0.299 e. The third-order valence-corrected chi connectivity index (χ3v) is 5.10. The summed E-state index contributed by atoms with van der Waals surface area (Å²) in [5.41, 5.74) is 3.71. The second-order valence-corrected chi connectivity index (χ2v) is 6.55. The summed E-state index contributed by atoms with van der Waals surface area (Å²) >= 11 is 0. The minimum atomic E-state index is -0.289. The Labute approximate surface area is 138 Å². The van der Waals surface area contributed by atoms with Gasteiger partial charge < -0.3 is 9.32 Å². The molecule has 0 amide bonds. The Balaban J connectivity index is 1.53. The fraction of sp³-hybridized carbons (Fsp3) is 0.333. The molecule has 2 atom stereocenters. The highest BCUT2D eigenvalue weighted by atomic mass is 19.1. The number of hydrogen-bond acceptors (Lipinski definition) is 4. The van der Waals surface area contributed by atoms with Crippen LogP contribution < -0.4 is 4.90 Å². The topological polar surface area (TPSA) is 47.1 Å². The van der Waals surface area contributed by atoms with Crippen LogP contribution in [-0.4, -0.2) is 26.8 Å². The summed E-state index contributed by atoms with van der Waals surface area (Å²) in [4.78, 5) is 6.76. The Morgan fingerprint density at radius 3 is 2.96 bits per heavy atom. The molecule has 6 heteroatoms. The van der Waals surface area contributed by atoms with E-state index in [9.17, 15) is 4.39 Å². The van der Waals surface area contributed by atoms with Crippen LogP contribution in [0.25, 0.3) is 16.7 Å². The molecular formula is C18H17FN4O. The van der Waals surface area contributed by atoms with Crippen molar-refractivity contribution < 1.29 is 8.81 Å². The molecule has 0 N–H and O–H groups in total. The van der Waals surface area contributed by atoms with E-state index in [1.807, 2.05) is 17.9 Å². The Morgan fingerprint density at radius 2 is 2.17 bits per heavy atom. The van der Waals surface area contributed by atoms with E-state index in [2.05, 4.69) is 27.1 Å². The number of nitrogens with zero attached hydrogens (tertiary/aromatic N) is 4. The lowest BCUT2D eigenvalue weighted by atomic mass is 9.99. The second-order valence-electron chi connectivity index (χ2n) is 6.55. The predicted molar refractivity (Wildman–Crippen MR) is 89.1 cm³/mol. The van der Waals surface area contributed by atoms with Crippen molar-refractivity contribution in [1.82, 2.24) is 14.8 Å². The first-order chi connectivity index (χ1) is 11.7. The van der Waals surface area contributed by atoms with Crippen molar-refractivity contribution in [3.63, 3.8) is 0 Å². The maximum absolute atomic E-state index is 13.4. The third-order valence-electron chi connectivity index (χ3n) is 5.10. The van der Waals surface area contributed by atoms with Gasteiger partial charge in [-0.15, -0.1) is 0 Å². The van der Waals surface area contributed by atoms with Crippen LogP contribution in [0.4, 0.5) is 10.4 Å². The van der Waals surface area contributed by atoms with Crippen LogP contribution in [-0.2, 0) is 7.05 Å². The summed E-state index contributed by atoms with van der Waals surface area (Å²) in [5, 5.41) is 4.27. The zero-order chi connectivity index (χ0) is 16.3. The van der Waals surface area contributed by atoms with Crippen molar-refractivity contribution in [1.29, 1.82) is 0 Å². The standard InChI is InChI=1S/C18H17FN4O/c1-22-16(6-7-20-22)11-8-13-3-4-14(9-11)23(13)18-21-15-10-12(19)2-5-17(15)24-18/h2,5-8,10,13-14H,3-4,9H2,1H3. The van der Waals surface area contributed by atoms with E-state index in [1.165, 1.54) is 23.4 Å². The van der Waals surface area contributed by atoms with Gasteiger partial charge in [-0.3, -0.25) is 4.68 Å². The van der Waals surface area contributed by atoms with Crippen molar-refractivity contribution >= 4 is 22.7 Å². The van der Waals surface area contributed by atoms with Crippen molar-refractivity contribution in [2.75, 3.05) is 4.90 Å². The first-order valence-electron chi connectivity index (χ1n) is 8.22. The summed E-state index contributed by atoms with van der Waals surface area (Å²) in [6, 6.07) is 7.76. The second kappa shape index (κ2) is 4.93. The van der Waals surface area contributed by atoms with Crippen LogP contribution in [0.1, 0.15) is 25.0 Å². The largest absolute Gasteiger partial charge is 0.423 e. The van der Waals surface area contributed by atoms with Crippen molar-refractivity contribution in [3.8, 4) is 0 Å². The fourth-order valence-corrected chi connectivity index (χ4v) is 4.01. The summed E-state index contributed by atoms with van der Waals surface area (Å²) in [7, 11) is 1.97. The summed E-state index contributed by atoms with van der Waals surface area (Å²) in [6.45, 7) is 0. The highest BCUT2D eigenvalue weighted by molar-refractivity contribution is 5.75. The summed E-state index contributed by atoms with van der Waals surface area (Å²) in [5.74, 6) is -0.289.